The zero-order valence-corrected chi connectivity index (χ0v) is 13.7. The Morgan fingerprint density at radius 1 is 1.12 bits per heavy atom. The van der Waals surface area contributed by atoms with Crippen molar-refractivity contribution in [1.29, 1.82) is 0 Å². The van der Waals surface area contributed by atoms with Crippen molar-refractivity contribution in [2.45, 2.75) is 13.3 Å². The van der Waals surface area contributed by atoms with E-state index >= 15 is 0 Å². The van der Waals surface area contributed by atoms with Crippen LogP contribution in [0.4, 0.5) is 20.6 Å². The Hall–Kier alpha value is -2.89. The summed E-state index contributed by atoms with van der Waals surface area (Å²) < 4.78 is 13.1. The van der Waals surface area contributed by atoms with E-state index in [-0.39, 0.29) is 17.8 Å². The average Bonchev–Trinajstić information content (AvgIpc) is 2.54. The second-order valence-electron chi connectivity index (χ2n) is 5.39. The van der Waals surface area contributed by atoms with Crippen LogP contribution in [0.1, 0.15) is 12.5 Å². The number of urea groups is 1. The molecule has 3 amide bonds. The number of carbonyl (C=O) groups is 2. The first-order valence-corrected chi connectivity index (χ1v) is 7.59. The molecule has 2 rings (SSSR count). The smallest absolute Gasteiger partial charge is 0.319 e. The molecule has 2 aromatic carbocycles. The lowest BCUT2D eigenvalue weighted by atomic mass is 10.1. The third-order valence-corrected chi connectivity index (χ3v) is 3.55. The Morgan fingerprint density at radius 3 is 2.58 bits per heavy atom. The van der Waals surface area contributed by atoms with E-state index in [1.165, 1.54) is 24.0 Å². The van der Waals surface area contributed by atoms with E-state index in [2.05, 4.69) is 10.6 Å². The number of carbonyl (C=O) groups excluding carboxylic acids is 2. The highest BCUT2D eigenvalue weighted by atomic mass is 19.1. The first-order chi connectivity index (χ1) is 11.5. The molecule has 2 N–H and O–H groups in total. The van der Waals surface area contributed by atoms with Gasteiger partial charge in [-0.05, 0) is 42.3 Å². The second kappa shape index (κ2) is 8.10. The van der Waals surface area contributed by atoms with Crippen molar-refractivity contribution in [2.24, 2.45) is 0 Å². The topological polar surface area (TPSA) is 61.4 Å². The molecule has 6 heteroatoms. The second-order valence-corrected chi connectivity index (χ2v) is 5.39. The fourth-order valence-corrected chi connectivity index (χ4v) is 2.16. The summed E-state index contributed by atoms with van der Waals surface area (Å²) in [5.74, 6) is -0.380. The summed E-state index contributed by atoms with van der Waals surface area (Å²) in [5, 5.41) is 5.43. The van der Waals surface area contributed by atoms with Gasteiger partial charge in [0.25, 0.3) is 0 Å². The Bertz CT molecular complexity index is 734. The predicted octanol–water partition coefficient (Wildman–Crippen LogP) is 3.17. The molecular formula is C18H20FN3O2. The average molecular weight is 329 g/mol. The normalized spacial score (nSPS) is 10.1. The molecule has 0 bridgehead atoms. The number of rotatable bonds is 5. The molecule has 126 valence electrons. The molecule has 0 unspecified atom stereocenters. The number of halogens is 1. The van der Waals surface area contributed by atoms with Gasteiger partial charge in [-0.3, -0.25) is 4.79 Å². The number of hydrogen-bond donors (Lipinski definition) is 2. The molecule has 0 aromatic heterocycles. The number of nitrogens with zero attached hydrogens (tertiary/aromatic N) is 1. The van der Waals surface area contributed by atoms with Gasteiger partial charge in [0.15, 0.2) is 0 Å². The molecule has 0 saturated heterocycles. The molecule has 0 heterocycles. The maximum absolute atomic E-state index is 13.1. The molecule has 0 aliphatic rings. The van der Waals surface area contributed by atoms with Crippen molar-refractivity contribution in [1.82, 2.24) is 5.32 Å². The molecule has 0 fully saturated rings. The monoisotopic (exact) mass is 329 g/mol. The summed E-state index contributed by atoms with van der Waals surface area (Å²) in [4.78, 5) is 24.8. The van der Waals surface area contributed by atoms with E-state index in [0.29, 0.717) is 24.3 Å². The maximum Gasteiger partial charge on any atom is 0.319 e. The highest BCUT2D eigenvalue weighted by Crippen LogP contribution is 2.18. The molecule has 0 saturated carbocycles. The fraction of sp³-hybridized carbons (Fsp3) is 0.222. The number of hydrogen-bond acceptors (Lipinski definition) is 2. The van der Waals surface area contributed by atoms with Gasteiger partial charge in [-0.15, -0.1) is 0 Å². The van der Waals surface area contributed by atoms with Crippen molar-refractivity contribution in [3.63, 3.8) is 0 Å². The molecule has 0 atom stereocenters. The first-order valence-electron chi connectivity index (χ1n) is 7.59. The van der Waals surface area contributed by atoms with Crippen LogP contribution in [0.25, 0.3) is 0 Å². The van der Waals surface area contributed by atoms with Crippen LogP contribution in [0.3, 0.4) is 0 Å². The first kappa shape index (κ1) is 17.5. The maximum atomic E-state index is 13.1. The van der Waals surface area contributed by atoms with Gasteiger partial charge in [0.2, 0.25) is 5.91 Å². The minimum atomic E-state index is -0.353. The summed E-state index contributed by atoms with van der Waals surface area (Å²) in [6.07, 6.45) is 0.540. The van der Waals surface area contributed by atoms with Crippen molar-refractivity contribution >= 4 is 23.3 Å². The number of amides is 3. The number of nitrogens with one attached hydrogen (secondary N) is 2. The van der Waals surface area contributed by atoms with Crippen molar-refractivity contribution in [3.05, 3.63) is 59.9 Å². The van der Waals surface area contributed by atoms with Crippen LogP contribution in [-0.4, -0.2) is 25.5 Å². The van der Waals surface area contributed by atoms with Gasteiger partial charge in [-0.1, -0.05) is 18.2 Å². The molecule has 24 heavy (non-hydrogen) atoms. The lowest BCUT2D eigenvalue weighted by molar-refractivity contribution is -0.116. The molecule has 0 spiro atoms. The molecule has 5 nitrogen and oxygen atoms in total. The zero-order valence-electron chi connectivity index (χ0n) is 13.7. The van der Waals surface area contributed by atoms with Gasteiger partial charge in [0, 0.05) is 31.9 Å². The molecular weight excluding hydrogens is 309 g/mol. The van der Waals surface area contributed by atoms with Gasteiger partial charge in [-0.2, -0.15) is 0 Å². The van der Waals surface area contributed by atoms with E-state index in [1.54, 1.807) is 37.4 Å². The zero-order chi connectivity index (χ0) is 17.5. The summed E-state index contributed by atoms with van der Waals surface area (Å²) in [6.45, 7) is 1.86. The summed E-state index contributed by atoms with van der Waals surface area (Å²) in [7, 11) is 1.67. The summed E-state index contributed by atoms with van der Waals surface area (Å²) in [6, 6.07) is 12.9. The van der Waals surface area contributed by atoms with E-state index in [1.807, 2.05) is 6.07 Å². The van der Waals surface area contributed by atoms with Gasteiger partial charge >= 0.3 is 6.03 Å². The third kappa shape index (κ3) is 5.08. The van der Waals surface area contributed by atoms with Gasteiger partial charge in [-0.25, -0.2) is 9.18 Å². The van der Waals surface area contributed by atoms with Crippen LogP contribution in [0.5, 0.6) is 0 Å². The van der Waals surface area contributed by atoms with E-state index in [4.69, 9.17) is 0 Å². The molecule has 2 aromatic rings. The number of benzene rings is 2. The van der Waals surface area contributed by atoms with Crippen LogP contribution in [0.15, 0.2) is 48.5 Å². The minimum Gasteiger partial charge on any atom is -0.338 e. The molecule has 0 aliphatic carbocycles. The fourth-order valence-electron chi connectivity index (χ4n) is 2.16. The lowest BCUT2D eigenvalue weighted by Gasteiger charge is -2.16. The van der Waals surface area contributed by atoms with Gasteiger partial charge in [0.05, 0.1) is 0 Å². The number of anilines is 2. The van der Waals surface area contributed by atoms with Crippen LogP contribution in [0.2, 0.25) is 0 Å². The van der Waals surface area contributed by atoms with Crippen LogP contribution >= 0.6 is 0 Å². The molecule has 0 radical (unpaired) electrons. The third-order valence-electron chi connectivity index (χ3n) is 3.55. The summed E-state index contributed by atoms with van der Waals surface area (Å²) in [5.41, 5.74) is 2.10. The van der Waals surface area contributed by atoms with Gasteiger partial charge < -0.3 is 15.5 Å². The summed E-state index contributed by atoms with van der Waals surface area (Å²) >= 11 is 0. The Kier molecular flexibility index (Phi) is 5.89. The van der Waals surface area contributed by atoms with Crippen LogP contribution in [0, 0.1) is 5.82 Å². The van der Waals surface area contributed by atoms with Crippen molar-refractivity contribution in [3.8, 4) is 0 Å². The predicted molar refractivity (Wildman–Crippen MR) is 92.7 cm³/mol. The highest BCUT2D eigenvalue weighted by molar-refractivity contribution is 5.93. The standard InChI is InChI=1S/C18H20FN3O2/c1-13(23)22(2)17-8-4-7-16(12-17)21-18(24)20-10-9-14-5-3-6-15(19)11-14/h3-8,11-12H,9-10H2,1-2H3,(H2,20,21,24). The quantitative estimate of drug-likeness (QED) is 0.885. The van der Waals surface area contributed by atoms with Crippen molar-refractivity contribution in [2.75, 3.05) is 23.8 Å². The Labute approximate surface area is 140 Å². The Morgan fingerprint density at radius 2 is 1.88 bits per heavy atom. The Balaban J connectivity index is 1.86. The van der Waals surface area contributed by atoms with Crippen molar-refractivity contribution < 1.29 is 14.0 Å². The van der Waals surface area contributed by atoms with E-state index in [9.17, 15) is 14.0 Å². The SMILES string of the molecule is CC(=O)N(C)c1cccc(NC(=O)NCCc2cccc(F)c2)c1. The van der Waals surface area contributed by atoms with E-state index < -0.39 is 0 Å². The minimum absolute atomic E-state index is 0.0910. The highest BCUT2D eigenvalue weighted by Gasteiger charge is 2.07. The van der Waals surface area contributed by atoms with E-state index in [0.717, 1.165) is 5.56 Å². The van der Waals surface area contributed by atoms with Crippen LogP contribution < -0.4 is 15.5 Å². The largest absolute Gasteiger partial charge is 0.338 e. The molecule has 0 aliphatic heterocycles. The lowest BCUT2D eigenvalue weighted by Crippen LogP contribution is -2.30. The van der Waals surface area contributed by atoms with Gasteiger partial charge in [0.1, 0.15) is 5.82 Å². The van der Waals surface area contributed by atoms with Crippen LogP contribution in [-0.2, 0) is 11.2 Å².